The summed E-state index contributed by atoms with van der Waals surface area (Å²) in [5, 5.41) is 14.5. The number of benzene rings is 1. The Balaban J connectivity index is 1.81. The van der Waals surface area contributed by atoms with Crippen LogP contribution in [0.5, 0.6) is 0 Å². The third-order valence-corrected chi connectivity index (χ3v) is 4.78. The fourth-order valence-corrected chi connectivity index (χ4v) is 3.21. The number of hydrogen-bond acceptors (Lipinski definition) is 3. The minimum absolute atomic E-state index is 0.176. The number of aliphatic carboxylic acids is 1. The van der Waals surface area contributed by atoms with Crippen LogP contribution in [0, 0.1) is 5.41 Å². The zero-order chi connectivity index (χ0) is 17.5. The summed E-state index contributed by atoms with van der Waals surface area (Å²) in [7, 11) is 0. The first-order valence-corrected chi connectivity index (χ1v) is 8.09. The van der Waals surface area contributed by atoms with Crippen LogP contribution in [0.3, 0.4) is 0 Å². The third-order valence-electron chi connectivity index (χ3n) is 4.24. The van der Waals surface area contributed by atoms with Crippen molar-refractivity contribution < 1.29 is 14.7 Å². The largest absolute Gasteiger partial charge is 0.481 e. The van der Waals surface area contributed by atoms with Gasteiger partial charge in [0.05, 0.1) is 16.1 Å². The number of nitrogens with zero attached hydrogens (tertiary/aromatic N) is 3. The second kappa shape index (κ2) is 6.11. The summed E-state index contributed by atoms with van der Waals surface area (Å²) in [6.45, 7) is 2.22. The van der Waals surface area contributed by atoms with Gasteiger partial charge in [0.25, 0.3) is 5.91 Å². The zero-order valence-electron chi connectivity index (χ0n) is 12.9. The van der Waals surface area contributed by atoms with Crippen LogP contribution in [0.25, 0.3) is 5.69 Å². The molecular formula is C16H15Cl2N3O3. The molecule has 1 atom stereocenters. The highest BCUT2D eigenvalue weighted by Gasteiger charge is 2.42. The average molecular weight is 368 g/mol. The number of carbonyl (C=O) groups is 2. The molecule has 1 saturated heterocycles. The molecule has 6 nitrogen and oxygen atoms in total. The Kier molecular flexibility index (Phi) is 4.27. The molecule has 24 heavy (non-hydrogen) atoms. The molecule has 0 saturated carbocycles. The van der Waals surface area contributed by atoms with Crippen LogP contribution in [0.4, 0.5) is 0 Å². The predicted octanol–water partition coefficient (Wildman–Crippen LogP) is 3.12. The van der Waals surface area contributed by atoms with Crippen LogP contribution in [0.2, 0.25) is 10.0 Å². The number of hydrogen-bond donors (Lipinski definition) is 1. The van der Waals surface area contributed by atoms with E-state index in [9.17, 15) is 14.7 Å². The minimum Gasteiger partial charge on any atom is -0.481 e. The monoisotopic (exact) mass is 367 g/mol. The molecule has 1 fully saturated rings. The first-order valence-electron chi connectivity index (χ1n) is 7.34. The van der Waals surface area contributed by atoms with Crippen LogP contribution in [-0.4, -0.2) is 44.8 Å². The summed E-state index contributed by atoms with van der Waals surface area (Å²) in [6.07, 6.45) is 2.06. The lowest BCUT2D eigenvalue weighted by Crippen LogP contribution is -2.35. The number of likely N-dealkylation sites (tertiary alicyclic amines) is 1. The Morgan fingerprint density at radius 2 is 2.04 bits per heavy atom. The van der Waals surface area contributed by atoms with Crippen molar-refractivity contribution in [3.05, 3.63) is 46.2 Å². The first-order chi connectivity index (χ1) is 11.3. The SMILES string of the molecule is CC1(C(=O)O)CCN(C(=O)c2ccn(-c3ccc(Cl)cc3Cl)n2)C1. The van der Waals surface area contributed by atoms with Crippen LogP contribution in [0.15, 0.2) is 30.5 Å². The van der Waals surface area contributed by atoms with Gasteiger partial charge in [0.2, 0.25) is 0 Å². The van der Waals surface area contributed by atoms with E-state index in [1.54, 1.807) is 37.4 Å². The molecule has 1 aliphatic rings. The van der Waals surface area contributed by atoms with E-state index < -0.39 is 11.4 Å². The standard InChI is InChI=1S/C16H15Cl2N3O3/c1-16(15(23)24)5-7-20(9-16)14(22)12-4-6-21(19-12)13-3-2-10(17)8-11(13)18/h2-4,6,8H,5,7,9H2,1H3,(H,23,24). The van der Waals surface area contributed by atoms with Gasteiger partial charge < -0.3 is 10.0 Å². The lowest BCUT2D eigenvalue weighted by molar-refractivity contribution is -0.147. The molecule has 0 bridgehead atoms. The summed E-state index contributed by atoms with van der Waals surface area (Å²) >= 11 is 12.0. The van der Waals surface area contributed by atoms with Gasteiger partial charge in [0, 0.05) is 24.3 Å². The van der Waals surface area contributed by atoms with Gasteiger partial charge in [-0.25, -0.2) is 4.68 Å². The lowest BCUT2D eigenvalue weighted by Gasteiger charge is -2.19. The summed E-state index contributed by atoms with van der Waals surface area (Å²) < 4.78 is 1.50. The molecule has 2 heterocycles. The normalized spacial score (nSPS) is 20.4. The highest BCUT2D eigenvalue weighted by Crippen LogP contribution is 2.31. The summed E-state index contributed by atoms with van der Waals surface area (Å²) in [5.74, 6) is -1.18. The Morgan fingerprint density at radius 1 is 1.29 bits per heavy atom. The van der Waals surface area contributed by atoms with E-state index in [1.165, 1.54) is 9.58 Å². The number of aromatic nitrogens is 2. The number of halogens is 2. The average Bonchev–Trinajstić information content (AvgIpc) is 3.14. The van der Waals surface area contributed by atoms with E-state index >= 15 is 0 Å². The summed E-state index contributed by atoms with van der Waals surface area (Å²) in [4.78, 5) is 25.4. The van der Waals surface area contributed by atoms with Crippen LogP contribution in [-0.2, 0) is 4.79 Å². The maximum absolute atomic E-state index is 12.5. The quantitative estimate of drug-likeness (QED) is 0.903. The van der Waals surface area contributed by atoms with Gasteiger partial charge in [0.1, 0.15) is 0 Å². The van der Waals surface area contributed by atoms with Crippen LogP contribution >= 0.6 is 23.2 Å². The molecule has 1 unspecified atom stereocenters. The number of carboxylic acids is 1. The number of carbonyl (C=O) groups excluding carboxylic acids is 1. The molecule has 1 aromatic carbocycles. The third kappa shape index (κ3) is 2.99. The Bertz CT molecular complexity index is 821. The maximum Gasteiger partial charge on any atom is 0.311 e. The molecule has 0 aliphatic carbocycles. The molecule has 1 aliphatic heterocycles. The van der Waals surface area contributed by atoms with Gasteiger partial charge in [-0.15, -0.1) is 0 Å². The van der Waals surface area contributed by atoms with Crippen LogP contribution < -0.4 is 0 Å². The van der Waals surface area contributed by atoms with Crippen molar-refractivity contribution in [2.75, 3.05) is 13.1 Å². The minimum atomic E-state index is -0.905. The van der Waals surface area contributed by atoms with Crippen molar-refractivity contribution in [2.24, 2.45) is 5.41 Å². The number of rotatable bonds is 3. The molecular weight excluding hydrogens is 353 g/mol. The summed E-state index contributed by atoms with van der Waals surface area (Å²) in [5.41, 5.74) is -0.0508. The zero-order valence-corrected chi connectivity index (χ0v) is 14.4. The molecule has 0 radical (unpaired) electrons. The molecule has 8 heteroatoms. The molecule has 1 aromatic heterocycles. The molecule has 3 rings (SSSR count). The van der Waals surface area contributed by atoms with E-state index in [2.05, 4.69) is 5.10 Å². The number of carboxylic acid groups (broad SMARTS) is 1. The van der Waals surface area contributed by atoms with Gasteiger partial charge in [-0.3, -0.25) is 9.59 Å². The van der Waals surface area contributed by atoms with E-state index in [4.69, 9.17) is 23.2 Å². The van der Waals surface area contributed by atoms with Gasteiger partial charge in [0.15, 0.2) is 5.69 Å². The van der Waals surface area contributed by atoms with Crippen molar-refractivity contribution in [3.63, 3.8) is 0 Å². The van der Waals surface area contributed by atoms with Crippen molar-refractivity contribution in [1.82, 2.24) is 14.7 Å². The van der Waals surface area contributed by atoms with E-state index in [0.717, 1.165) is 0 Å². The first kappa shape index (κ1) is 16.8. The highest BCUT2D eigenvalue weighted by atomic mass is 35.5. The second-order valence-electron chi connectivity index (χ2n) is 6.08. The summed E-state index contributed by atoms with van der Waals surface area (Å²) in [6, 6.07) is 6.58. The van der Waals surface area contributed by atoms with Gasteiger partial charge in [-0.05, 0) is 37.6 Å². The van der Waals surface area contributed by atoms with Gasteiger partial charge in [-0.1, -0.05) is 23.2 Å². The van der Waals surface area contributed by atoms with E-state index in [1.807, 2.05) is 0 Å². The van der Waals surface area contributed by atoms with E-state index in [0.29, 0.717) is 28.7 Å². The fraction of sp³-hybridized carbons (Fsp3) is 0.312. The topological polar surface area (TPSA) is 75.4 Å². The Labute approximate surface area is 148 Å². The lowest BCUT2D eigenvalue weighted by atomic mass is 9.90. The molecule has 126 valence electrons. The van der Waals surface area contributed by atoms with Crippen LogP contribution in [0.1, 0.15) is 23.8 Å². The molecule has 1 amide bonds. The molecule has 2 aromatic rings. The van der Waals surface area contributed by atoms with Gasteiger partial charge in [-0.2, -0.15) is 5.10 Å². The molecule has 0 spiro atoms. The smallest absolute Gasteiger partial charge is 0.311 e. The number of amides is 1. The van der Waals surface area contributed by atoms with Crippen molar-refractivity contribution >= 4 is 35.1 Å². The maximum atomic E-state index is 12.5. The van der Waals surface area contributed by atoms with Gasteiger partial charge >= 0.3 is 5.97 Å². The Hall–Kier alpha value is -2.05. The predicted molar refractivity (Wildman–Crippen MR) is 89.8 cm³/mol. The van der Waals surface area contributed by atoms with Crippen molar-refractivity contribution in [3.8, 4) is 5.69 Å². The van der Waals surface area contributed by atoms with Crippen molar-refractivity contribution in [1.29, 1.82) is 0 Å². The van der Waals surface area contributed by atoms with Crippen molar-refractivity contribution in [2.45, 2.75) is 13.3 Å². The second-order valence-corrected chi connectivity index (χ2v) is 6.93. The fourth-order valence-electron chi connectivity index (χ4n) is 2.71. The van der Waals surface area contributed by atoms with E-state index in [-0.39, 0.29) is 18.1 Å². The molecule has 1 N–H and O–H groups in total. The Morgan fingerprint density at radius 3 is 2.67 bits per heavy atom. The highest BCUT2D eigenvalue weighted by molar-refractivity contribution is 6.35.